The van der Waals surface area contributed by atoms with Gasteiger partial charge in [-0.15, -0.1) is 0 Å². The van der Waals surface area contributed by atoms with Gasteiger partial charge in [-0.2, -0.15) is 0 Å². The monoisotopic (exact) mass is 892 g/mol. The van der Waals surface area contributed by atoms with E-state index in [-0.39, 0.29) is 16.7 Å². The van der Waals surface area contributed by atoms with Crippen LogP contribution in [0.15, 0.2) is 231 Å². The van der Waals surface area contributed by atoms with E-state index in [0.29, 0.717) is 28.2 Å². The first-order chi connectivity index (χ1) is 34.9. The zero-order chi connectivity index (χ0) is 49.6. The van der Waals surface area contributed by atoms with Crippen molar-refractivity contribution in [3.05, 3.63) is 242 Å². The quantitative estimate of drug-likeness (QED) is 0.157. The van der Waals surface area contributed by atoms with Crippen LogP contribution in [0.5, 0.6) is 5.75 Å². The Labute approximate surface area is 408 Å². The zero-order valence-electron chi connectivity index (χ0n) is 41.7. The third-order valence-electron chi connectivity index (χ3n) is 13.1. The van der Waals surface area contributed by atoms with Crippen LogP contribution in [0, 0.1) is 6.85 Å². The standard InChI is InChI=1S/C65H51N3O/c1-43-37-61(58(42-57(43)48-21-12-7-13-22-48)49-31-33-54(34-32-49)65(2,3)4)68-60-25-16-24-55(63(60)67-64(68)56-23-14-15-26-62(56)69)52-38-51(45-19-10-6-11-20-45)39-53(40-52)59-41-50(35-36-66-59)47-29-27-46(28-30-47)44-17-8-5-9-18-44/h5-42,69H,1-4H3/i1D3. The van der Waals surface area contributed by atoms with Crippen molar-refractivity contribution in [2.75, 3.05) is 0 Å². The molecule has 9 aromatic carbocycles. The Morgan fingerprint density at radius 3 is 1.65 bits per heavy atom. The van der Waals surface area contributed by atoms with Crippen LogP contribution < -0.4 is 0 Å². The van der Waals surface area contributed by atoms with Crippen LogP contribution in [0.1, 0.15) is 36.0 Å². The number of imidazole rings is 1. The number of rotatable bonds is 9. The van der Waals surface area contributed by atoms with E-state index in [1.807, 2.05) is 108 Å². The summed E-state index contributed by atoms with van der Waals surface area (Å²) in [6.07, 6.45) is 1.87. The van der Waals surface area contributed by atoms with Gasteiger partial charge in [0.15, 0.2) is 0 Å². The van der Waals surface area contributed by atoms with Gasteiger partial charge in [0.1, 0.15) is 11.6 Å². The lowest BCUT2D eigenvalue weighted by Gasteiger charge is -2.21. The summed E-state index contributed by atoms with van der Waals surface area (Å²) in [6.45, 7) is 4.10. The van der Waals surface area contributed by atoms with Crippen LogP contribution in [0.4, 0.5) is 0 Å². The number of benzene rings is 9. The molecule has 11 aromatic rings. The van der Waals surface area contributed by atoms with E-state index in [1.165, 1.54) is 11.1 Å². The molecule has 0 atom stereocenters. The highest BCUT2D eigenvalue weighted by molar-refractivity contribution is 5.99. The Balaban J connectivity index is 1.14. The molecule has 0 aliphatic heterocycles. The molecule has 0 unspecified atom stereocenters. The Morgan fingerprint density at radius 1 is 0.435 bits per heavy atom. The van der Waals surface area contributed by atoms with E-state index in [2.05, 4.69) is 136 Å². The lowest BCUT2D eigenvalue weighted by Crippen LogP contribution is -2.10. The SMILES string of the molecule is [2H]C([2H])([2H])c1cc(-n2c(-c3ccccc3O)nc3c(-c4cc(-c5ccccc5)cc(-c5cc(-c6ccc(-c7ccccc7)cc6)ccn5)c4)cccc32)c(-c2ccc(C(C)(C)C)cc2)cc1-c1ccccc1. The molecular formula is C65H51N3O. The molecule has 0 spiro atoms. The van der Waals surface area contributed by atoms with Gasteiger partial charge in [0.25, 0.3) is 0 Å². The Hall–Kier alpha value is -8.60. The van der Waals surface area contributed by atoms with Gasteiger partial charge in [0.2, 0.25) is 0 Å². The van der Waals surface area contributed by atoms with Crippen molar-refractivity contribution in [1.29, 1.82) is 0 Å². The summed E-state index contributed by atoms with van der Waals surface area (Å²) in [6, 6.07) is 75.5. The van der Waals surface area contributed by atoms with Gasteiger partial charge in [-0.25, -0.2) is 4.98 Å². The zero-order valence-corrected chi connectivity index (χ0v) is 38.7. The summed E-state index contributed by atoms with van der Waals surface area (Å²) in [5.74, 6) is 0.525. The lowest BCUT2D eigenvalue weighted by atomic mass is 9.85. The van der Waals surface area contributed by atoms with Crippen molar-refractivity contribution in [3.8, 4) is 101 Å². The fraction of sp³-hybridized carbons (Fsp3) is 0.0769. The van der Waals surface area contributed by atoms with Gasteiger partial charge in [-0.3, -0.25) is 9.55 Å². The molecule has 1 N–H and O–H groups in total. The number of aromatic nitrogens is 3. The molecule has 0 aliphatic carbocycles. The van der Waals surface area contributed by atoms with Crippen molar-refractivity contribution in [2.45, 2.75) is 33.0 Å². The average molecular weight is 893 g/mol. The third kappa shape index (κ3) is 8.43. The molecule has 2 aromatic heterocycles. The molecule has 0 saturated carbocycles. The van der Waals surface area contributed by atoms with Gasteiger partial charge in [-0.05, 0) is 140 Å². The second-order valence-electron chi connectivity index (χ2n) is 18.6. The molecule has 0 fully saturated rings. The van der Waals surface area contributed by atoms with Gasteiger partial charge >= 0.3 is 0 Å². The fourth-order valence-corrected chi connectivity index (χ4v) is 9.41. The number of para-hydroxylation sites is 2. The summed E-state index contributed by atoms with van der Waals surface area (Å²) in [5, 5.41) is 11.7. The van der Waals surface area contributed by atoms with Crippen LogP contribution >= 0.6 is 0 Å². The second-order valence-corrected chi connectivity index (χ2v) is 18.6. The summed E-state index contributed by atoms with van der Waals surface area (Å²) in [4.78, 5) is 10.4. The maximum Gasteiger partial charge on any atom is 0.149 e. The third-order valence-corrected chi connectivity index (χ3v) is 13.1. The van der Waals surface area contributed by atoms with Crippen molar-refractivity contribution in [1.82, 2.24) is 14.5 Å². The van der Waals surface area contributed by atoms with Crippen LogP contribution in [0.3, 0.4) is 0 Å². The minimum atomic E-state index is -2.48. The first kappa shape index (κ1) is 39.6. The molecule has 69 heavy (non-hydrogen) atoms. The second kappa shape index (κ2) is 17.9. The fourth-order valence-electron chi connectivity index (χ4n) is 9.41. The highest BCUT2D eigenvalue weighted by atomic mass is 16.3. The summed E-state index contributed by atoms with van der Waals surface area (Å²) in [7, 11) is 0. The maximum atomic E-state index is 11.7. The largest absolute Gasteiger partial charge is 0.507 e. The maximum absolute atomic E-state index is 11.7. The molecule has 2 heterocycles. The van der Waals surface area contributed by atoms with E-state index in [9.17, 15) is 5.11 Å². The number of phenolic OH excluding ortho intramolecular Hbond substituents is 1. The van der Waals surface area contributed by atoms with Crippen molar-refractivity contribution in [2.24, 2.45) is 0 Å². The molecule has 0 saturated heterocycles. The molecule has 0 radical (unpaired) electrons. The minimum absolute atomic E-state index is 0.0534. The number of hydrogen-bond donors (Lipinski definition) is 1. The molecule has 0 aliphatic rings. The van der Waals surface area contributed by atoms with Crippen LogP contribution in [-0.4, -0.2) is 19.6 Å². The number of pyridine rings is 1. The molecule has 0 amide bonds. The highest BCUT2D eigenvalue weighted by Crippen LogP contribution is 2.43. The minimum Gasteiger partial charge on any atom is -0.507 e. The molecular weight excluding hydrogens is 839 g/mol. The molecule has 0 bridgehead atoms. The van der Waals surface area contributed by atoms with Gasteiger partial charge < -0.3 is 5.11 Å². The van der Waals surface area contributed by atoms with E-state index in [0.717, 1.165) is 72.4 Å². The topological polar surface area (TPSA) is 50.9 Å². The number of fused-ring (bicyclic) bond motifs is 1. The van der Waals surface area contributed by atoms with Gasteiger partial charge in [0.05, 0.1) is 28.0 Å². The lowest BCUT2D eigenvalue weighted by molar-refractivity contribution is 0.477. The number of nitrogens with zero attached hydrogens (tertiary/aromatic N) is 3. The summed E-state index contributed by atoms with van der Waals surface area (Å²) >= 11 is 0. The predicted octanol–water partition coefficient (Wildman–Crippen LogP) is 17.1. The van der Waals surface area contributed by atoms with Crippen molar-refractivity contribution < 1.29 is 9.22 Å². The van der Waals surface area contributed by atoms with Gasteiger partial charge in [-0.1, -0.05) is 185 Å². The number of phenols is 1. The molecule has 4 nitrogen and oxygen atoms in total. The van der Waals surface area contributed by atoms with E-state index < -0.39 is 6.85 Å². The Kier molecular flexibility index (Phi) is 10.3. The van der Waals surface area contributed by atoms with Crippen LogP contribution in [0.2, 0.25) is 0 Å². The smallest absolute Gasteiger partial charge is 0.149 e. The predicted molar refractivity (Wildman–Crippen MR) is 287 cm³/mol. The number of aromatic hydroxyl groups is 1. The molecule has 11 rings (SSSR count). The van der Waals surface area contributed by atoms with E-state index in [1.54, 1.807) is 12.1 Å². The number of hydrogen-bond acceptors (Lipinski definition) is 3. The van der Waals surface area contributed by atoms with E-state index in [4.69, 9.17) is 14.1 Å². The Bertz CT molecular complexity index is 3750. The Morgan fingerprint density at radius 2 is 0.986 bits per heavy atom. The van der Waals surface area contributed by atoms with Crippen LogP contribution in [0.25, 0.3) is 106 Å². The first-order valence-electron chi connectivity index (χ1n) is 24.9. The summed E-state index contributed by atoms with van der Waals surface area (Å²) < 4.78 is 28.9. The highest BCUT2D eigenvalue weighted by Gasteiger charge is 2.24. The normalized spacial score (nSPS) is 12.4. The van der Waals surface area contributed by atoms with Gasteiger partial charge in [0, 0.05) is 27.0 Å². The molecule has 4 heteroatoms. The van der Waals surface area contributed by atoms with Crippen molar-refractivity contribution in [3.63, 3.8) is 0 Å². The van der Waals surface area contributed by atoms with Crippen molar-refractivity contribution >= 4 is 11.0 Å². The molecule has 332 valence electrons. The number of aryl methyl sites for hydroxylation is 1. The summed E-state index contributed by atoms with van der Waals surface area (Å²) in [5.41, 5.74) is 17.1. The average Bonchev–Trinajstić information content (AvgIpc) is 3.80. The first-order valence-corrected chi connectivity index (χ1v) is 23.4. The van der Waals surface area contributed by atoms with E-state index >= 15 is 0 Å². The van der Waals surface area contributed by atoms with Crippen LogP contribution in [-0.2, 0) is 5.41 Å².